The predicted molar refractivity (Wildman–Crippen MR) is 102 cm³/mol. The molecule has 1 N–H and O–H groups in total. The highest BCUT2D eigenvalue weighted by atomic mass is 16.5. The van der Waals surface area contributed by atoms with Crippen LogP contribution < -0.4 is 4.74 Å². The van der Waals surface area contributed by atoms with E-state index >= 15 is 0 Å². The first-order valence-corrected chi connectivity index (χ1v) is 9.40. The Balaban J connectivity index is 1.73. The predicted octanol–water partition coefficient (Wildman–Crippen LogP) is 1.73. The van der Waals surface area contributed by atoms with Gasteiger partial charge in [0.15, 0.2) is 0 Å². The third-order valence-electron chi connectivity index (χ3n) is 4.69. The number of carbonyl (C=O) groups is 1. The van der Waals surface area contributed by atoms with E-state index in [1.165, 1.54) is 0 Å². The maximum absolute atomic E-state index is 12.0. The van der Waals surface area contributed by atoms with Crippen LogP contribution in [0.2, 0.25) is 0 Å². The number of para-hydroxylation sites is 1. The zero-order valence-electron chi connectivity index (χ0n) is 16.2. The lowest BCUT2D eigenvalue weighted by atomic mass is 10.0. The van der Waals surface area contributed by atoms with Gasteiger partial charge in [0.25, 0.3) is 0 Å². The lowest BCUT2D eigenvalue weighted by molar-refractivity contribution is -0.134. The summed E-state index contributed by atoms with van der Waals surface area (Å²) in [6.07, 6.45) is -0.117. The normalized spacial score (nSPS) is 16.7. The summed E-state index contributed by atoms with van der Waals surface area (Å²) >= 11 is 0. The minimum absolute atomic E-state index is 0.140. The van der Waals surface area contributed by atoms with E-state index in [1.54, 1.807) is 7.11 Å². The van der Waals surface area contributed by atoms with Crippen LogP contribution in [0.4, 0.5) is 0 Å². The van der Waals surface area contributed by atoms with Crippen molar-refractivity contribution in [2.75, 3.05) is 53.0 Å². The summed E-state index contributed by atoms with van der Waals surface area (Å²) < 4.78 is 10.8. The number of hydrogen-bond donors (Lipinski definition) is 1. The topological polar surface area (TPSA) is 62.2 Å². The Morgan fingerprint density at radius 2 is 1.88 bits per heavy atom. The number of amides is 1. The molecule has 0 spiro atoms. The van der Waals surface area contributed by atoms with Crippen molar-refractivity contribution >= 4 is 5.91 Å². The Morgan fingerprint density at radius 3 is 2.54 bits per heavy atom. The fourth-order valence-corrected chi connectivity index (χ4v) is 3.15. The lowest BCUT2D eigenvalue weighted by Gasteiger charge is -2.35. The largest absolute Gasteiger partial charge is 0.491 e. The molecule has 1 heterocycles. The number of benzene rings is 1. The molecule has 0 aromatic heterocycles. The average Bonchev–Trinajstić information content (AvgIpc) is 2.65. The smallest absolute Gasteiger partial charge is 0.224 e. The van der Waals surface area contributed by atoms with Gasteiger partial charge in [0, 0.05) is 39.8 Å². The number of piperazine rings is 1. The Morgan fingerprint density at radius 1 is 1.19 bits per heavy atom. The van der Waals surface area contributed by atoms with Gasteiger partial charge in [0.2, 0.25) is 5.91 Å². The zero-order chi connectivity index (χ0) is 18.9. The molecule has 6 heteroatoms. The maximum atomic E-state index is 12.0. The van der Waals surface area contributed by atoms with E-state index in [0.29, 0.717) is 38.6 Å². The molecule has 1 amide bonds. The van der Waals surface area contributed by atoms with Crippen molar-refractivity contribution in [2.24, 2.45) is 0 Å². The van der Waals surface area contributed by atoms with Crippen LogP contribution in [0.5, 0.6) is 5.75 Å². The van der Waals surface area contributed by atoms with Crippen LogP contribution in [0.1, 0.15) is 31.7 Å². The molecular formula is C20H32N2O4. The average molecular weight is 364 g/mol. The van der Waals surface area contributed by atoms with E-state index in [9.17, 15) is 9.90 Å². The molecule has 1 aliphatic heterocycles. The van der Waals surface area contributed by atoms with Crippen LogP contribution in [-0.2, 0) is 9.53 Å². The van der Waals surface area contributed by atoms with Crippen LogP contribution in [0.15, 0.2) is 24.3 Å². The summed E-state index contributed by atoms with van der Waals surface area (Å²) in [5.74, 6) is 1.36. The molecule has 0 saturated carbocycles. The van der Waals surface area contributed by atoms with Gasteiger partial charge in [0.05, 0.1) is 13.0 Å². The summed E-state index contributed by atoms with van der Waals surface area (Å²) in [6.45, 7) is 8.51. The van der Waals surface area contributed by atoms with Gasteiger partial charge in [0.1, 0.15) is 18.5 Å². The molecule has 2 rings (SSSR count). The number of carbonyl (C=O) groups excluding carboxylic acids is 1. The molecule has 0 unspecified atom stereocenters. The highest BCUT2D eigenvalue weighted by Gasteiger charge is 2.22. The van der Waals surface area contributed by atoms with Gasteiger partial charge in [-0.1, -0.05) is 32.0 Å². The fraction of sp³-hybridized carbons (Fsp3) is 0.650. The second-order valence-electron chi connectivity index (χ2n) is 7.08. The third-order valence-corrected chi connectivity index (χ3v) is 4.69. The molecule has 0 aliphatic carbocycles. The molecule has 6 nitrogen and oxygen atoms in total. The Kier molecular flexibility index (Phi) is 8.35. The highest BCUT2D eigenvalue weighted by Crippen LogP contribution is 2.25. The summed E-state index contributed by atoms with van der Waals surface area (Å²) in [5.41, 5.74) is 1.16. The third kappa shape index (κ3) is 6.27. The van der Waals surface area contributed by atoms with Gasteiger partial charge in [-0.25, -0.2) is 0 Å². The number of rotatable bonds is 9. The monoisotopic (exact) mass is 364 g/mol. The molecular weight excluding hydrogens is 332 g/mol. The van der Waals surface area contributed by atoms with Crippen LogP contribution in [0.25, 0.3) is 0 Å². The number of hydrogen-bond acceptors (Lipinski definition) is 5. The molecule has 0 radical (unpaired) electrons. The number of methoxy groups -OCH3 is 1. The van der Waals surface area contributed by atoms with Gasteiger partial charge in [-0.2, -0.15) is 0 Å². The van der Waals surface area contributed by atoms with Crippen molar-refractivity contribution < 1.29 is 19.4 Å². The summed E-state index contributed by atoms with van der Waals surface area (Å²) in [6, 6.07) is 7.97. The Bertz CT molecular complexity index is 556. The first kappa shape index (κ1) is 20.7. The van der Waals surface area contributed by atoms with Gasteiger partial charge in [-0.3, -0.25) is 9.69 Å². The number of aliphatic hydroxyl groups excluding tert-OH is 1. The van der Waals surface area contributed by atoms with Crippen molar-refractivity contribution in [1.82, 2.24) is 9.80 Å². The van der Waals surface area contributed by atoms with E-state index in [2.05, 4.69) is 24.8 Å². The SMILES string of the molecule is COCCC(=O)N1CCN(C[C@@H](O)COc2ccccc2C(C)C)CC1. The van der Waals surface area contributed by atoms with Gasteiger partial charge in [-0.15, -0.1) is 0 Å². The van der Waals surface area contributed by atoms with E-state index < -0.39 is 6.10 Å². The van der Waals surface area contributed by atoms with E-state index in [1.807, 2.05) is 23.1 Å². The van der Waals surface area contributed by atoms with Crippen molar-refractivity contribution in [3.63, 3.8) is 0 Å². The molecule has 1 aliphatic rings. The van der Waals surface area contributed by atoms with Gasteiger partial charge >= 0.3 is 0 Å². The minimum atomic E-state index is -0.550. The van der Waals surface area contributed by atoms with E-state index in [0.717, 1.165) is 24.4 Å². The van der Waals surface area contributed by atoms with Crippen molar-refractivity contribution in [2.45, 2.75) is 32.3 Å². The minimum Gasteiger partial charge on any atom is -0.491 e. The van der Waals surface area contributed by atoms with Crippen molar-refractivity contribution in [3.05, 3.63) is 29.8 Å². The number of aliphatic hydroxyl groups is 1. The second-order valence-corrected chi connectivity index (χ2v) is 7.08. The standard InChI is InChI=1S/C20H32N2O4/c1-16(2)18-6-4-5-7-19(18)26-15-17(23)14-21-9-11-22(12-10-21)20(24)8-13-25-3/h4-7,16-17,23H,8-15H2,1-3H3/t17-/m1/s1. The first-order chi connectivity index (χ1) is 12.5. The van der Waals surface area contributed by atoms with Gasteiger partial charge < -0.3 is 19.5 Å². The Hall–Kier alpha value is -1.63. The van der Waals surface area contributed by atoms with Crippen LogP contribution >= 0.6 is 0 Å². The van der Waals surface area contributed by atoms with Crippen molar-refractivity contribution in [3.8, 4) is 5.75 Å². The van der Waals surface area contributed by atoms with E-state index in [-0.39, 0.29) is 12.5 Å². The summed E-state index contributed by atoms with van der Waals surface area (Å²) in [5, 5.41) is 10.3. The van der Waals surface area contributed by atoms with E-state index in [4.69, 9.17) is 9.47 Å². The molecule has 0 bridgehead atoms. The van der Waals surface area contributed by atoms with Gasteiger partial charge in [-0.05, 0) is 17.5 Å². The molecule has 1 aromatic carbocycles. The van der Waals surface area contributed by atoms with Crippen LogP contribution in [0.3, 0.4) is 0 Å². The quantitative estimate of drug-likeness (QED) is 0.723. The second kappa shape index (κ2) is 10.5. The maximum Gasteiger partial charge on any atom is 0.224 e. The van der Waals surface area contributed by atoms with Crippen LogP contribution in [0, 0.1) is 0 Å². The first-order valence-electron chi connectivity index (χ1n) is 9.40. The summed E-state index contributed by atoms with van der Waals surface area (Å²) in [4.78, 5) is 16.0. The lowest BCUT2D eigenvalue weighted by Crippen LogP contribution is -2.51. The molecule has 146 valence electrons. The Labute approximate surface area is 156 Å². The molecule has 1 aromatic rings. The molecule has 26 heavy (non-hydrogen) atoms. The number of ether oxygens (including phenoxy) is 2. The summed E-state index contributed by atoms with van der Waals surface area (Å²) in [7, 11) is 1.61. The fourth-order valence-electron chi connectivity index (χ4n) is 3.15. The zero-order valence-corrected chi connectivity index (χ0v) is 16.2. The van der Waals surface area contributed by atoms with Crippen molar-refractivity contribution in [1.29, 1.82) is 0 Å². The number of nitrogens with zero attached hydrogens (tertiary/aromatic N) is 2. The molecule has 1 fully saturated rings. The van der Waals surface area contributed by atoms with Crippen LogP contribution in [-0.4, -0.2) is 80.0 Å². The highest BCUT2D eigenvalue weighted by molar-refractivity contribution is 5.76. The number of β-amino-alcohol motifs (C(OH)–C–C–N with tert-alkyl or cyclic N) is 1. The molecule has 1 saturated heterocycles. The molecule has 1 atom stereocenters.